The summed E-state index contributed by atoms with van der Waals surface area (Å²) in [4.78, 5) is 21.2. The summed E-state index contributed by atoms with van der Waals surface area (Å²) in [5.74, 6) is 0.780. The molecule has 1 aliphatic heterocycles. The lowest BCUT2D eigenvalue weighted by Gasteiger charge is -2.34. The van der Waals surface area contributed by atoms with Crippen molar-refractivity contribution < 1.29 is 13.7 Å². The van der Waals surface area contributed by atoms with E-state index in [0.717, 1.165) is 44.7 Å². The Morgan fingerprint density at radius 3 is 2.61 bits per heavy atom. The van der Waals surface area contributed by atoms with Crippen LogP contribution in [0.3, 0.4) is 0 Å². The van der Waals surface area contributed by atoms with Gasteiger partial charge < -0.3 is 14.7 Å². The predicted octanol–water partition coefficient (Wildman–Crippen LogP) is 3.05. The van der Waals surface area contributed by atoms with Gasteiger partial charge in [0.25, 0.3) is 0 Å². The van der Waals surface area contributed by atoms with Gasteiger partial charge in [0.1, 0.15) is 5.82 Å². The molecular formula is C25H30FN5O2. The highest BCUT2D eigenvalue weighted by molar-refractivity contribution is 5.78. The van der Waals surface area contributed by atoms with Crippen LogP contribution in [0, 0.1) is 12.7 Å². The van der Waals surface area contributed by atoms with E-state index in [0.29, 0.717) is 42.4 Å². The van der Waals surface area contributed by atoms with E-state index in [1.807, 2.05) is 30.3 Å². The lowest BCUT2D eigenvalue weighted by molar-refractivity contribution is -0.122. The first-order valence-corrected chi connectivity index (χ1v) is 11.4. The minimum atomic E-state index is -0.272. The van der Waals surface area contributed by atoms with Gasteiger partial charge in [0.2, 0.25) is 17.6 Å². The van der Waals surface area contributed by atoms with Crippen LogP contribution in [0.15, 0.2) is 53.1 Å². The van der Waals surface area contributed by atoms with Crippen molar-refractivity contribution in [2.45, 2.75) is 26.3 Å². The lowest BCUT2D eigenvalue weighted by atomic mass is 10.1. The average Bonchev–Trinajstić information content (AvgIpc) is 3.30. The summed E-state index contributed by atoms with van der Waals surface area (Å²) in [7, 11) is 0. The van der Waals surface area contributed by atoms with Crippen LogP contribution in [0.1, 0.15) is 23.4 Å². The molecule has 1 fully saturated rings. The zero-order chi connectivity index (χ0) is 23.0. The van der Waals surface area contributed by atoms with Gasteiger partial charge in [-0.3, -0.25) is 9.69 Å². The smallest absolute Gasteiger partial charge is 0.234 e. The van der Waals surface area contributed by atoms with Crippen LogP contribution in [-0.2, 0) is 17.8 Å². The van der Waals surface area contributed by atoms with Crippen molar-refractivity contribution in [2.75, 3.05) is 39.3 Å². The Kier molecular flexibility index (Phi) is 7.80. The Labute approximate surface area is 193 Å². The largest absolute Gasteiger partial charge is 0.351 e. The normalized spacial score (nSPS) is 15.0. The van der Waals surface area contributed by atoms with Gasteiger partial charge >= 0.3 is 0 Å². The van der Waals surface area contributed by atoms with Crippen molar-refractivity contribution >= 4 is 5.91 Å². The number of benzene rings is 2. The van der Waals surface area contributed by atoms with Crippen molar-refractivity contribution in [1.82, 2.24) is 25.3 Å². The van der Waals surface area contributed by atoms with E-state index in [4.69, 9.17) is 4.52 Å². The number of piperazine rings is 1. The van der Waals surface area contributed by atoms with Crippen LogP contribution in [0.25, 0.3) is 11.4 Å². The molecule has 1 aliphatic rings. The second kappa shape index (κ2) is 11.2. The molecule has 0 aliphatic carbocycles. The molecular weight excluding hydrogens is 421 g/mol. The van der Waals surface area contributed by atoms with Gasteiger partial charge in [-0.25, -0.2) is 4.39 Å². The second-order valence-electron chi connectivity index (χ2n) is 8.46. The number of rotatable bonds is 9. The van der Waals surface area contributed by atoms with Crippen LogP contribution in [0.5, 0.6) is 0 Å². The van der Waals surface area contributed by atoms with Crippen molar-refractivity contribution in [3.63, 3.8) is 0 Å². The first-order chi connectivity index (χ1) is 16.1. The highest BCUT2D eigenvalue weighted by Crippen LogP contribution is 2.19. The van der Waals surface area contributed by atoms with E-state index in [-0.39, 0.29) is 11.7 Å². The van der Waals surface area contributed by atoms with Crippen LogP contribution in [0.4, 0.5) is 4.39 Å². The predicted molar refractivity (Wildman–Crippen MR) is 124 cm³/mol. The summed E-state index contributed by atoms with van der Waals surface area (Å²) in [5.41, 5.74) is 2.32. The van der Waals surface area contributed by atoms with Crippen molar-refractivity contribution in [2.24, 2.45) is 0 Å². The Hall–Kier alpha value is -3.10. The zero-order valence-corrected chi connectivity index (χ0v) is 19.0. The van der Waals surface area contributed by atoms with E-state index in [1.54, 1.807) is 19.1 Å². The molecule has 1 aromatic heterocycles. The third-order valence-electron chi connectivity index (χ3n) is 5.93. The molecule has 0 atom stereocenters. The number of carbonyl (C=O) groups is 1. The number of aryl methyl sites for hydroxylation is 2. The molecule has 33 heavy (non-hydrogen) atoms. The van der Waals surface area contributed by atoms with E-state index in [9.17, 15) is 9.18 Å². The molecule has 1 N–H and O–H groups in total. The van der Waals surface area contributed by atoms with Crippen molar-refractivity contribution in [1.29, 1.82) is 0 Å². The molecule has 2 heterocycles. The standard InChI is InChI=1S/C25H30FN5O2/c1-19-9-10-21(16-22(19)26)25-28-24(33-29-25)8-5-11-30-12-14-31(15-13-30)18-23(32)27-17-20-6-3-2-4-7-20/h2-4,6-7,9-10,16H,5,8,11-15,17-18H2,1H3,(H,27,32). The number of hydrogen-bond acceptors (Lipinski definition) is 6. The number of halogens is 1. The van der Waals surface area contributed by atoms with Crippen molar-refractivity contribution in [3.8, 4) is 11.4 Å². The monoisotopic (exact) mass is 451 g/mol. The molecule has 2 aromatic carbocycles. The Balaban J connectivity index is 1.13. The van der Waals surface area contributed by atoms with E-state index >= 15 is 0 Å². The molecule has 0 radical (unpaired) electrons. The van der Waals surface area contributed by atoms with Crippen LogP contribution < -0.4 is 5.32 Å². The molecule has 1 amide bonds. The highest BCUT2D eigenvalue weighted by Gasteiger charge is 2.19. The molecule has 3 aromatic rings. The topological polar surface area (TPSA) is 74.5 Å². The van der Waals surface area contributed by atoms with Crippen LogP contribution in [-0.4, -0.2) is 65.1 Å². The molecule has 0 bridgehead atoms. The molecule has 174 valence electrons. The molecule has 7 nitrogen and oxygen atoms in total. The zero-order valence-electron chi connectivity index (χ0n) is 19.0. The minimum absolute atomic E-state index is 0.0629. The van der Waals surface area contributed by atoms with Crippen molar-refractivity contribution in [3.05, 3.63) is 71.4 Å². The Morgan fingerprint density at radius 1 is 1.09 bits per heavy atom. The third-order valence-corrected chi connectivity index (χ3v) is 5.93. The number of aromatic nitrogens is 2. The van der Waals surface area contributed by atoms with Crippen LogP contribution >= 0.6 is 0 Å². The summed E-state index contributed by atoms with van der Waals surface area (Å²) in [6.07, 6.45) is 1.59. The Bertz CT molecular complexity index is 1050. The van der Waals surface area contributed by atoms with Crippen LogP contribution in [0.2, 0.25) is 0 Å². The summed E-state index contributed by atoms with van der Waals surface area (Å²) < 4.78 is 19.1. The van der Waals surface area contributed by atoms with Gasteiger partial charge in [-0.05, 0) is 37.1 Å². The average molecular weight is 452 g/mol. The fourth-order valence-corrected chi connectivity index (χ4v) is 3.89. The summed E-state index contributed by atoms with van der Waals surface area (Å²) >= 11 is 0. The first kappa shape index (κ1) is 23.1. The number of carbonyl (C=O) groups excluding carboxylic acids is 1. The van der Waals surface area contributed by atoms with Gasteiger partial charge in [-0.2, -0.15) is 4.98 Å². The van der Waals surface area contributed by atoms with Gasteiger partial charge in [0, 0.05) is 44.7 Å². The fraction of sp³-hybridized carbons (Fsp3) is 0.400. The third kappa shape index (κ3) is 6.69. The number of hydrogen-bond donors (Lipinski definition) is 1. The second-order valence-corrected chi connectivity index (χ2v) is 8.46. The molecule has 4 rings (SSSR count). The molecule has 1 saturated heterocycles. The molecule has 0 spiro atoms. The van der Waals surface area contributed by atoms with Gasteiger partial charge in [-0.15, -0.1) is 0 Å². The SMILES string of the molecule is Cc1ccc(-c2noc(CCCN3CCN(CC(=O)NCc4ccccc4)CC3)n2)cc1F. The quantitative estimate of drug-likeness (QED) is 0.539. The lowest BCUT2D eigenvalue weighted by Crippen LogP contribution is -2.49. The van der Waals surface area contributed by atoms with E-state index in [2.05, 4.69) is 25.3 Å². The first-order valence-electron chi connectivity index (χ1n) is 11.4. The number of amides is 1. The summed E-state index contributed by atoms with van der Waals surface area (Å²) in [5, 5.41) is 6.97. The van der Waals surface area contributed by atoms with Gasteiger partial charge in [0.05, 0.1) is 6.54 Å². The van der Waals surface area contributed by atoms with E-state index in [1.165, 1.54) is 6.07 Å². The summed E-state index contributed by atoms with van der Waals surface area (Å²) in [6, 6.07) is 14.9. The van der Waals surface area contributed by atoms with E-state index < -0.39 is 0 Å². The highest BCUT2D eigenvalue weighted by atomic mass is 19.1. The maximum absolute atomic E-state index is 13.8. The van der Waals surface area contributed by atoms with Gasteiger partial charge in [-0.1, -0.05) is 47.6 Å². The maximum Gasteiger partial charge on any atom is 0.234 e. The number of nitrogens with one attached hydrogen (secondary N) is 1. The molecule has 8 heteroatoms. The minimum Gasteiger partial charge on any atom is -0.351 e. The molecule has 0 saturated carbocycles. The fourth-order valence-electron chi connectivity index (χ4n) is 3.89. The van der Waals surface area contributed by atoms with Gasteiger partial charge in [0.15, 0.2) is 0 Å². The number of nitrogens with zero attached hydrogens (tertiary/aromatic N) is 4. The molecule has 0 unspecified atom stereocenters. The Morgan fingerprint density at radius 2 is 1.85 bits per heavy atom. The maximum atomic E-state index is 13.8. The summed E-state index contributed by atoms with van der Waals surface area (Å²) in [6.45, 7) is 7.28.